The van der Waals surface area contributed by atoms with Crippen LogP contribution in [0, 0.1) is 0 Å². The van der Waals surface area contributed by atoms with E-state index in [0.29, 0.717) is 13.1 Å². The maximum atomic E-state index is 11.6. The van der Waals surface area contributed by atoms with Gasteiger partial charge in [0.25, 0.3) is 0 Å². The molecule has 1 aliphatic rings. The fraction of sp³-hybridized carbons (Fsp3) is 0.846. The van der Waals surface area contributed by atoms with E-state index in [1.165, 1.54) is 0 Å². The normalized spacial score (nSPS) is 19.7. The molecule has 0 spiro atoms. The van der Waals surface area contributed by atoms with Gasteiger partial charge in [0.15, 0.2) is 0 Å². The van der Waals surface area contributed by atoms with Gasteiger partial charge in [-0.05, 0) is 25.8 Å². The number of carbonyl (C=O) groups is 2. The Bertz CT molecular complexity index is 310. The van der Waals surface area contributed by atoms with E-state index in [2.05, 4.69) is 11.8 Å². The van der Waals surface area contributed by atoms with E-state index in [1.54, 1.807) is 4.90 Å². The molecule has 0 aromatic rings. The van der Waals surface area contributed by atoms with E-state index in [-0.39, 0.29) is 24.9 Å². The van der Waals surface area contributed by atoms with Crippen molar-refractivity contribution in [2.75, 3.05) is 32.7 Å². The minimum absolute atomic E-state index is 0.0145. The third kappa shape index (κ3) is 5.16. The van der Waals surface area contributed by atoms with Crippen molar-refractivity contribution in [2.24, 2.45) is 5.73 Å². The average molecular weight is 271 g/mol. The Morgan fingerprint density at radius 3 is 2.74 bits per heavy atom. The van der Waals surface area contributed by atoms with Crippen LogP contribution in [0.4, 0.5) is 0 Å². The van der Waals surface area contributed by atoms with Crippen molar-refractivity contribution < 1.29 is 14.7 Å². The SMILES string of the molecule is CCCN(CCC(=O)O)C1CCCN(C(=O)CN)C1. The summed E-state index contributed by atoms with van der Waals surface area (Å²) in [6.45, 7) is 5.01. The molecule has 110 valence electrons. The minimum atomic E-state index is -0.771. The van der Waals surface area contributed by atoms with Crippen LogP contribution in [0.5, 0.6) is 0 Å². The monoisotopic (exact) mass is 271 g/mol. The van der Waals surface area contributed by atoms with E-state index < -0.39 is 5.97 Å². The molecule has 0 aromatic carbocycles. The molecule has 0 saturated carbocycles. The Kier molecular flexibility index (Phi) is 6.80. The molecule has 1 rings (SSSR count). The molecule has 0 aliphatic carbocycles. The van der Waals surface area contributed by atoms with E-state index in [1.807, 2.05) is 0 Å². The largest absolute Gasteiger partial charge is 0.481 e. The van der Waals surface area contributed by atoms with Gasteiger partial charge in [0.2, 0.25) is 5.91 Å². The van der Waals surface area contributed by atoms with Crippen LogP contribution in [-0.2, 0) is 9.59 Å². The fourth-order valence-corrected chi connectivity index (χ4v) is 2.61. The molecule has 1 amide bonds. The maximum absolute atomic E-state index is 11.6. The van der Waals surface area contributed by atoms with Gasteiger partial charge in [0.1, 0.15) is 0 Å². The second kappa shape index (κ2) is 8.12. The van der Waals surface area contributed by atoms with Crippen molar-refractivity contribution in [3.05, 3.63) is 0 Å². The van der Waals surface area contributed by atoms with Crippen LogP contribution in [0.1, 0.15) is 32.6 Å². The van der Waals surface area contributed by atoms with E-state index in [9.17, 15) is 9.59 Å². The summed E-state index contributed by atoms with van der Waals surface area (Å²) < 4.78 is 0. The molecule has 1 heterocycles. The Hall–Kier alpha value is -1.14. The van der Waals surface area contributed by atoms with Crippen molar-refractivity contribution >= 4 is 11.9 Å². The number of carboxylic acid groups (broad SMARTS) is 1. The van der Waals surface area contributed by atoms with Crippen molar-refractivity contribution in [1.29, 1.82) is 0 Å². The summed E-state index contributed by atoms with van der Waals surface area (Å²) in [7, 11) is 0. The molecule has 0 aromatic heterocycles. The average Bonchev–Trinajstić information content (AvgIpc) is 2.42. The Balaban J connectivity index is 2.56. The third-order valence-corrected chi connectivity index (χ3v) is 3.56. The molecule has 6 nitrogen and oxygen atoms in total. The van der Waals surface area contributed by atoms with Crippen LogP contribution in [0.25, 0.3) is 0 Å². The van der Waals surface area contributed by atoms with Gasteiger partial charge < -0.3 is 15.7 Å². The number of aliphatic carboxylic acids is 1. The quantitative estimate of drug-likeness (QED) is 0.687. The predicted molar refractivity (Wildman–Crippen MR) is 72.8 cm³/mol. The molecule has 6 heteroatoms. The number of piperidine rings is 1. The smallest absolute Gasteiger partial charge is 0.304 e. The van der Waals surface area contributed by atoms with Crippen LogP contribution in [0.3, 0.4) is 0 Å². The number of likely N-dealkylation sites (tertiary alicyclic amines) is 1. The lowest BCUT2D eigenvalue weighted by Crippen LogP contribution is -2.51. The number of hydrogen-bond donors (Lipinski definition) is 2. The van der Waals surface area contributed by atoms with Gasteiger partial charge in [-0.15, -0.1) is 0 Å². The number of nitrogens with zero attached hydrogens (tertiary/aromatic N) is 2. The molecule has 0 bridgehead atoms. The highest BCUT2D eigenvalue weighted by molar-refractivity contribution is 5.78. The third-order valence-electron chi connectivity index (χ3n) is 3.56. The van der Waals surface area contributed by atoms with Crippen LogP contribution < -0.4 is 5.73 Å². The number of hydrogen-bond acceptors (Lipinski definition) is 4. The topological polar surface area (TPSA) is 86.9 Å². The minimum Gasteiger partial charge on any atom is -0.481 e. The maximum Gasteiger partial charge on any atom is 0.304 e. The van der Waals surface area contributed by atoms with Gasteiger partial charge in [-0.3, -0.25) is 14.5 Å². The molecule has 1 atom stereocenters. The highest BCUT2D eigenvalue weighted by atomic mass is 16.4. The first-order valence-corrected chi connectivity index (χ1v) is 7.02. The predicted octanol–water partition coefficient (Wildman–Crippen LogP) is 0.123. The second-order valence-corrected chi connectivity index (χ2v) is 5.02. The molecular formula is C13H25N3O3. The van der Waals surface area contributed by atoms with E-state index >= 15 is 0 Å². The van der Waals surface area contributed by atoms with Crippen LogP contribution in [-0.4, -0.2) is 65.5 Å². The standard InChI is InChI=1S/C13H25N3O3/c1-2-6-15(8-5-13(18)19)11-4-3-7-16(10-11)12(17)9-14/h11H,2-10,14H2,1H3,(H,18,19). The van der Waals surface area contributed by atoms with Gasteiger partial charge in [0, 0.05) is 25.7 Å². The first-order valence-electron chi connectivity index (χ1n) is 7.02. The summed E-state index contributed by atoms with van der Waals surface area (Å²) >= 11 is 0. The van der Waals surface area contributed by atoms with Crippen molar-refractivity contribution in [3.8, 4) is 0 Å². The Morgan fingerprint density at radius 1 is 1.42 bits per heavy atom. The van der Waals surface area contributed by atoms with Gasteiger partial charge >= 0.3 is 5.97 Å². The van der Waals surface area contributed by atoms with E-state index in [0.717, 1.165) is 32.4 Å². The van der Waals surface area contributed by atoms with Crippen molar-refractivity contribution in [1.82, 2.24) is 9.80 Å². The van der Waals surface area contributed by atoms with Crippen LogP contribution >= 0.6 is 0 Å². The Morgan fingerprint density at radius 2 is 2.16 bits per heavy atom. The zero-order valence-electron chi connectivity index (χ0n) is 11.7. The lowest BCUT2D eigenvalue weighted by Gasteiger charge is -2.39. The number of nitrogens with two attached hydrogens (primary N) is 1. The molecule has 19 heavy (non-hydrogen) atoms. The summed E-state index contributed by atoms with van der Waals surface area (Å²) in [5.74, 6) is -0.786. The number of amides is 1. The first-order chi connectivity index (χ1) is 9.08. The number of rotatable bonds is 7. The van der Waals surface area contributed by atoms with Crippen molar-refractivity contribution in [3.63, 3.8) is 0 Å². The molecule has 1 aliphatic heterocycles. The second-order valence-electron chi connectivity index (χ2n) is 5.02. The summed E-state index contributed by atoms with van der Waals surface area (Å²) in [6.07, 6.45) is 3.12. The molecular weight excluding hydrogens is 246 g/mol. The first kappa shape index (κ1) is 15.9. The zero-order valence-corrected chi connectivity index (χ0v) is 11.7. The van der Waals surface area contributed by atoms with E-state index in [4.69, 9.17) is 10.8 Å². The van der Waals surface area contributed by atoms with Gasteiger partial charge in [-0.1, -0.05) is 6.92 Å². The molecule has 1 fully saturated rings. The summed E-state index contributed by atoms with van der Waals surface area (Å²) in [4.78, 5) is 26.4. The number of carbonyl (C=O) groups excluding carboxylic acids is 1. The molecule has 1 unspecified atom stereocenters. The Labute approximate surface area is 114 Å². The molecule has 0 radical (unpaired) electrons. The van der Waals surface area contributed by atoms with Crippen LogP contribution in [0.2, 0.25) is 0 Å². The molecule has 3 N–H and O–H groups in total. The lowest BCUT2D eigenvalue weighted by molar-refractivity contribution is -0.138. The summed E-state index contributed by atoms with van der Waals surface area (Å²) in [5.41, 5.74) is 5.40. The highest BCUT2D eigenvalue weighted by Gasteiger charge is 2.27. The lowest BCUT2D eigenvalue weighted by atomic mass is 10.0. The summed E-state index contributed by atoms with van der Waals surface area (Å²) in [5, 5.41) is 8.80. The van der Waals surface area contributed by atoms with Gasteiger partial charge in [-0.2, -0.15) is 0 Å². The van der Waals surface area contributed by atoms with Gasteiger partial charge in [-0.25, -0.2) is 0 Å². The summed E-state index contributed by atoms with van der Waals surface area (Å²) in [6, 6.07) is 0.267. The van der Waals surface area contributed by atoms with Gasteiger partial charge in [0.05, 0.1) is 13.0 Å². The molecule has 1 saturated heterocycles. The van der Waals surface area contributed by atoms with Crippen molar-refractivity contribution in [2.45, 2.75) is 38.6 Å². The number of carboxylic acids is 1. The fourth-order valence-electron chi connectivity index (χ4n) is 2.61. The highest BCUT2D eigenvalue weighted by Crippen LogP contribution is 2.16. The zero-order chi connectivity index (χ0) is 14.3. The van der Waals surface area contributed by atoms with Crippen LogP contribution in [0.15, 0.2) is 0 Å².